The average Bonchev–Trinajstić information content (AvgIpc) is 3.21. The van der Waals surface area contributed by atoms with Gasteiger partial charge in [-0.1, -0.05) is 23.7 Å². The minimum atomic E-state index is -3.61. The third kappa shape index (κ3) is 3.95. The minimum Gasteiger partial charge on any atom is -0.295 e. The van der Waals surface area contributed by atoms with E-state index in [1.54, 1.807) is 29.5 Å². The standard InChI is InChI=1S/C16H19ClN2O2S2/c17-14-5-1-2-6-16(14)23(20,21)18-11-15(13-7-10-22-12-13)19-8-3-4-9-19/h1-2,5-7,10,12,15,18H,3-4,8-9,11H2/t15-/m1/s1. The number of hydrogen-bond acceptors (Lipinski definition) is 4. The Morgan fingerprint density at radius 3 is 2.61 bits per heavy atom. The Bertz CT molecular complexity index is 741. The van der Waals surface area contributed by atoms with Crippen molar-refractivity contribution in [2.24, 2.45) is 0 Å². The lowest BCUT2D eigenvalue weighted by Gasteiger charge is -2.27. The molecule has 0 saturated carbocycles. The van der Waals surface area contributed by atoms with Gasteiger partial charge < -0.3 is 0 Å². The zero-order valence-corrected chi connectivity index (χ0v) is 15.0. The third-order valence-corrected chi connectivity index (χ3v) is 6.73. The van der Waals surface area contributed by atoms with Crippen LogP contribution in [0.1, 0.15) is 24.4 Å². The first-order valence-corrected chi connectivity index (χ1v) is 10.4. The highest BCUT2D eigenvalue weighted by Gasteiger charge is 2.26. The predicted octanol–water partition coefficient (Wildman–Crippen LogP) is 3.52. The van der Waals surface area contributed by atoms with E-state index < -0.39 is 10.0 Å². The van der Waals surface area contributed by atoms with Crippen molar-refractivity contribution in [2.45, 2.75) is 23.8 Å². The summed E-state index contributed by atoms with van der Waals surface area (Å²) in [6.45, 7) is 2.37. The van der Waals surface area contributed by atoms with E-state index in [0.717, 1.165) is 25.9 Å². The Balaban J connectivity index is 1.77. The summed E-state index contributed by atoms with van der Waals surface area (Å²) >= 11 is 7.66. The van der Waals surface area contributed by atoms with Crippen LogP contribution in [0, 0.1) is 0 Å². The summed E-state index contributed by atoms with van der Waals surface area (Å²) in [5.74, 6) is 0. The number of rotatable bonds is 6. The number of sulfonamides is 1. The maximum atomic E-state index is 12.5. The van der Waals surface area contributed by atoms with E-state index in [-0.39, 0.29) is 16.0 Å². The van der Waals surface area contributed by atoms with Crippen molar-refractivity contribution in [1.82, 2.24) is 9.62 Å². The highest BCUT2D eigenvalue weighted by Crippen LogP contribution is 2.27. The van der Waals surface area contributed by atoms with E-state index in [9.17, 15) is 8.42 Å². The van der Waals surface area contributed by atoms with Crippen LogP contribution in [0.2, 0.25) is 5.02 Å². The van der Waals surface area contributed by atoms with Crippen LogP contribution in [-0.4, -0.2) is 33.0 Å². The Hall–Kier alpha value is -0.920. The Morgan fingerprint density at radius 2 is 1.96 bits per heavy atom. The van der Waals surface area contributed by atoms with Gasteiger partial charge in [0.2, 0.25) is 10.0 Å². The fourth-order valence-electron chi connectivity index (χ4n) is 2.90. The van der Waals surface area contributed by atoms with E-state index in [1.807, 2.05) is 5.38 Å². The van der Waals surface area contributed by atoms with Gasteiger partial charge in [-0.15, -0.1) is 0 Å². The molecule has 0 bridgehead atoms. The number of halogens is 1. The summed E-state index contributed by atoms with van der Waals surface area (Å²) in [6.07, 6.45) is 2.33. The molecule has 124 valence electrons. The van der Waals surface area contributed by atoms with Gasteiger partial charge in [0.05, 0.1) is 5.02 Å². The molecule has 3 rings (SSSR count). The molecule has 0 spiro atoms. The largest absolute Gasteiger partial charge is 0.295 e. The number of hydrogen-bond donors (Lipinski definition) is 1. The topological polar surface area (TPSA) is 49.4 Å². The molecule has 0 unspecified atom stereocenters. The van der Waals surface area contributed by atoms with Crippen molar-refractivity contribution in [1.29, 1.82) is 0 Å². The Kier molecular flexibility index (Phi) is 5.38. The van der Waals surface area contributed by atoms with Gasteiger partial charge in [-0.25, -0.2) is 13.1 Å². The van der Waals surface area contributed by atoms with Crippen LogP contribution < -0.4 is 4.72 Å². The van der Waals surface area contributed by atoms with E-state index in [2.05, 4.69) is 21.1 Å². The molecule has 1 aliphatic heterocycles. The Morgan fingerprint density at radius 1 is 1.22 bits per heavy atom. The molecular formula is C16H19ClN2O2S2. The van der Waals surface area contributed by atoms with Crippen molar-refractivity contribution >= 4 is 33.0 Å². The van der Waals surface area contributed by atoms with Crippen LogP contribution in [0.15, 0.2) is 46.0 Å². The van der Waals surface area contributed by atoms with E-state index in [4.69, 9.17) is 11.6 Å². The van der Waals surface area contributed by atoms with Gasteiger partial charge in [0.1, 0.15) is 4.90 Å². The predicted molar refractivity (Wildman–Crippen MR) is 94.5 cm³/mol. The SMILES string of the molecule is O=S(=O)(NC[C@H](c1ccsc1)N1CCCC1)c1ccccc1Cl. The van der Waals surface area contributed by atoms with Crippen molar-refractivity contribution in [3.8, 4) is 0 Å². The molecule has 0 amide bonds. The third-order valence-electron chi connectivity index (χ3n) is 4.10. The van der Waals surface area contributed by atoms with E-state index >= 15 is 0 Å². The summed E-state index contributed by atoms with van der Waals surface area (Å²) in [7, 11) is -3.61. The summed E-state index contributed by atoms with van der Waals surface area (Å²) < 4.78 is 27.8. The van der Waals surface area contributed by atoms with Gasteiger partial charge in [0.25, 0.3) is 0 Å². The molecule has 1 N–H and O–H groups in total. The summed E-state index contributed by atoms with van der Waals surface area (Å²) in [6, 6.07) is 8.66. The van der Waals surface area contributed by atoms with Crippen LogP contribution in [0.25, 0.3) is 0 Å². The van der Waals surface area contributed by atoms with E-state index in [1.165, 1.54) is 11.6 Å². The van der Waals surface area contributed by atoms with Crippen molar-refractivity contribution < 1.29 is 8.42 Å². The highest BCUT2D eigenvalue weighted by atomic mass is 35.5. The highest BCUT2D eigenvalue weighted by molar-refractivity contribution is 7.89. The number of benzene rings is 1. The van der Waals surface area contributed by atoms with Crippen molar-refractivity contribution in [3.63, 3.8) is 0 Å². The molecular weight excluding hydrogens is 352 g/mol. The lowest BCUT2D eigenvalue weighted by atomic mass is 10.1. The molecule has 2 heterocycles. The molecule has 23 heavy (non-hydrogen) atoms. The minimum absolute atomic E-state index is 0.0704. The second-order valence-electron chi connectivity index (χ2n) is 5.60. The van der Waals surface area contributed by atoms with Crippen LogP contribution in [-0.2, 0) is 10.0 Å². The number of likely N-dealkylation sites (tertiary alicyclic amines) is 1. The molecule has 2 aromatic rings. The smallest absolute Gasteiger partial charge is 0.242 e. The van der Waals surface area contributed by atoms with Crippen LogP contribution in [0.4, 0.5) is 0 Å². The van der Waals surface area contributed by atoms with Gasteiger partial charge in [-0.05, 0) is 60.5 Å². The van der Waals surface area contributed by atoms with Crippen molar-refractivity contribution in [2.75, 3.05) is 19.6 Å². The lowest BCUT2D eigenvalue weighted by Crippen LogP contribution is -2.36. The quantitative estimate of drug-likeness (QED) is 0.846. The first kappa shape index (κ1) is 16.9. The van der Waals surface area contributed by atoms with Crippen LogP contribution in [0.5, 0.6) is 0 Å². The maximum Gasteiger partial charge on any atom is 0.242 e. The van der Waals surface area contributed by atoms with Gasteiger partial charge in [0, 0.05) is 12.6 Å². The molecule has 7 heteroatoms. The molecule has 1 aromatic heterocycles. The average molecular weight is 371 g/mol. The molecule has 4 nitrogen and oxygen atoms in total. The fourth-order valence-corrected chi connectivity index (χ4v) is 5.17. The van der Waals surface area contributed by atoms with Crippen LogP contribution >= 0.6 is 22.9 Å². The normalized spacial score (nSPS) is 17.4. The van der Waals surface area contributed by atoms with Crippen LogP contribution in [0.3, 0.4) is 0 Å². The van der Waals surface area contributed by atoms with Gasteiger partial charge in [-0.2, -0.15) is 11.3 Å². The number of nitrogens with zero attached hydrogens (tertiary/aromatic N) is 1. The van der Waals surface area contributed by atoms with E-state index in [0.29, 0.717) is 6.54 Å². The fraction of sp³-hybridized carbons (Fsp3) is 0.375. The molecule has 0 aliphatic carbocycles. The lowest BCUT2D eigenvalue weighted by molar-refractivity contribution is 0.247. The first-order chi connectivity index (χ1) is 11.1. The second kappa shape index (κ2) is 7.32. The maximum absolute atomic E-state index is 12.5. The van der Waals surface area contributed by atoms with Gasteiger partial charge in [0.15, 0.2) is 0 Å². The molecule has 1 aromatic carbocycles. The zero-order chi connectivity index (χ0) is 16.3. The summed E-state index contributed by atoms with van der Waals surface area (Å²) in [5, 5.41) is 4.36. The van der Waals surface area contributed by atoms with Gasteiger partial charge in [-0.3, -0.25) is 4.90 Å². The number of thiophene rings is 1. The van der Waals surface area contributed by atoms with Gasteiger partial charge >= 0.3 is 0 Å². The molecule has 0 radical (unpaired) electrons. The second-order valence-corrected chi connectivity index (χ2v) is 8.52. The zero-order valence-electron chi connectivity index (χ0n) is 12.6. The molecule has 1 aliphatic rings. The summed E-state index contributed by atoms with van der Waals surface area (Å²) in [4.78, 5) is 2.48. The monoisotopic (exact) mass is 370 g/mol. The molecule has 1 atom stereocenters. The first-order valence-electron chi connectivity index (χ1n) is 7.58. The number of nitrogens with one attached hydrogen (secondary N) is 1. The van der Waals surface area contributed by atoms with Crippen molar-refractivity contribution in [3.05, 3.63) is 51.7 Å². The summed E-state index contributed by atoms with van der Waals surface area (Å²) in [5.41, 5.74) is 1.17. The Labute approximate surface area is 146 Å². The molecule has 1 fully saturated rings. The molecule has 1 saturated heterocycles.